The van der Waals surface area contributed by atoms with Crippen molar-refractivity contribution in [1.82, 2.24) is 0 Å². The fourth-order valence-corrected chi connectivity index (χ4v) is 2.78. The zero-order valence-electron chi connectivity index (χ0n) is 15.6. The number of unbranched alkanes of at least 4 members (excludes halogenated alkanes) is 2. The Balaban J connectivity index is 4.06. The molecule has 0 aliphatic rings. The summed E-state index contributed by atoms with van der Waals surface area (Å²) < 4.78 is 0. The Morgan fingerprint density at radius 3 is 1.77 bits per heavy atom. The maximum atomic E-state index is 11.0. The standard InChI is InChI=1S/C18H32N2O6/c1-2-3-6-10-16(19(23)24)11-7-4-5-8-12-17(20(25)26)13-9-14-18(22)15-21/h4-5,15-18,22H,2-3,6-14H2,1H3/b5-4+. The molecule has 26 heavy (non-hydrogen) atoms. The summed E-state index contributed by atoms with van der Waals surface area (Å²) in [5.74, 6) is 0. The van der Waals surface area contributed by atoms with Gasteiger partial charge in [0.2, 0.25) is 12.1 Å². The highest BCUT2D eigenvalue weighted by molar-refractivity contribution is 5.55. The van der Waals surface area contributed by atoms with Crippen LogP contribution in [0.5, 0.6) is 0 Å². The molecular formula is C18H32N2O6. The minimum Gasteiger partial charge on any atom is -0.386 e. The van der Waals surface area contributed by atoms with Crippen molar-refractivity contribution < 1.29 is 19.7 Å². The van der Waals surface area contributed by atoms with Crippen LogP contribution in [0.2, 0.25) is 0 Å². The molecule has 0 aromatic rings. The molecule has 0 aliphatic heterocycles. The summed E-state index contributed by atoms with van der Waals surface area (Å²) in [4.78, 5) is 31.8. The average molecular weight is 372 g/mol. The van der Waals surface area contributed by atoms with Crippen LogP contribution in [0.1, 0.15) is 77.6 Å². The number of aldehydes is 1. The molecule has 0 aliphatic carbocycles. The van der Waals surface area contributed by atoms with Gasteiger partial charge in [-0.3, -0.25) is 20.2 Å². The van der Waals surface area contributed by atoms with Crippen LogP contribution >= 0.6 is 0 Å². The monoisotopic (exact) mass is 372 g/mol. The van der Waals surface area contributed by atoms with Gasteiger partial charge < -0.3 is 9.90 Å². The lowest BCUT2D eigenvalue weighted by atomic mass is 10.0. The van der Waals surface area contributed by atoms with Crippen molar-refractivity contribution in [3.8, 4) is 0 Å². The van der Waals surface area contributed by atoms with Crippen molar-refractivity contribution in [2.24, 2.45) is 0 Å². The van der Waals surface area contributed by atoms with Crippen molar-refractivity contribution in [1.29, 1.82) is 0 Å². The molecule has 0 fully saturated rings. The first-order chi connectivity index (χ1) is 12.4. The zero-order chi connectivity index (χ0) is 19.8. The summed E-state index contributed by atoms with van der Waals surface area (Å²) in [6.07, 6.45) is 9.64. The summed E-state index contributed by atoms with van der Waals surface area (Å²) in [7, 11) is 0. The van der Waals surface area contributed by atoms with E-state index in [9.17, 15) is 25.0 Å². The number of nitro groups is 2. The molecule has 3 atom stereocenters. The molecule has 0 spiro atoms. The molecule has 150 valence electrons. The van der Waals surface area contributed by atoms with Crippen molar-refractivity contribution >= 4 is 6.29 Å². The average Bonchev–Trinajstić information content (AvgIpc) is 2.60. The Labute approximate surface area is 155 Å². The second-order valence-corrected chi connectivity index (χ2v) is 6.63. The zero-order valence-corrected chi connectivity index (χ0v) is 15.6. The number of hydrogen-bond donors (Lipinski definition) is 1. The molecule has 0 amide bonds. The molecule has 1 N–H and O–H groups in total. The van der Waals surface area contributed by atoms with Crippen LogP contribution in [0.15, 0.2) is 12.2 Å². The lowest BCUT2D eigenvalue weighted by molar-refractivity contribution is -0.524. The predicted molar refractivity (Wildman–Crippen MR) is 99.2 cm³/mol. The number of allylic oxidation sites excluding steroid dienone is 2. The highest BCUT2D eigenvalue weighted by Crippen LogP contribution is 2.14. The Kier molecular flexibility index (Phi) is 14.3. The first-order valence-corrected chi connectivity index (χ1v) is 9.47. The first kappa shape index (κ1) is 24.2. The second-order valence-electron chi connectivity index (χ2n) is 6.63. The smallest absolute Gasteiger partial charge is 0.213 e. The molecule has 0 bridgehead atoms. The fourth-order valence-electron chi connectivity index (χ4n) is 2.78. The summed E-state index contributed by atoms with van der Waals surface area (Å²) in [5, 5.41) is 31.2. The van der Waals surface area contributed by atoms with E-state index in [2.05, 4.69) is 6.92 Å². The number of aliphatic hydroxyl groups is 1. The van der Waals surface area contributed by atoms with E-state index in [0.717, 1.165) is 19.3 Å². The van der Waals surface area contributed by atoms with Gasteiger partial charge in [0.1, 0.15) is 12.4 Å². The van der Waals surface area contributed by atoms with Crippen molar-refractivity contribution in [2.45, 2.75) is 95.7 Å². The van der Waals surface area contributed by atoms with Crippen molar-refractivity contribution in [3.63, 3.8) is 0 Å². The summed E-state index contributed by atoms with van der Waals surface area (Å²) >= 11 is 0. The number of carbonyl (C=O) groups excluding carboxylic acids is 1. The van der Waals surface area contributed by atoms with Crippen LogP contribution in [-0.4, -0.2) is 39.4 Å². The Morgan fingerprint density at radius 2 is 1.35 bits per heavy atom. The molecule has 0 heterocycles. The summed E-state index contributed by atoms with van der Waals surface area (Å²) in [6, 6.07) is -1.21. The maximum Gasteiger partial charge on any atom is 0.213 e. The molecule has 8 nitrogen and oxygen atoms in total. The van der Waals surface area contributed by atoms with Gasteiger partial charge in [0, 0.05) is 35.5 Å². The molecule has 3 unspecified atom stereocenters. The third-order valence-corrected chi connectivity index (χ3v) is 4.43. The summed E-state index contributed by atoms with van der Waals surface area (Å²) in [6.45, 7) is 2.06. The quantitative estimate of drug-likeness (QED) is 0.136. The highest BCUT2D eigenvalue weighted by atomic mass is 16.6. The Morgan fingerprint density at radius 1 is 0.846 bits per heavy atom. The van der Waals surface area contributed by atoms with E-state index >= 15 is 0 Å². The van der Waals surface area contributed by atoms with Crippen LogP contribution in [0.25, 0.3) is 0 Å². The van der Waals surface area contributed by atoms with Gasteiger partial charge in [0.15, 0.2) is 0 Å². The van der Waals surface area contributed by atoms with Gasteiger partial charge in [-0.05, 0) is 32.1 Å². The minimum atomic E-state index is -1.05. The van der Waals surface area contributed by atoms with Gasteiger partial charge in [-0.15, -0.1) is 0 Å². The predicted octanol–water partition coefficient (Wildman–Crippen LogP) is 3.70. The van der Waals surface area contributed by atoms with Gasteiger partial charge in [0.05, 0.1) is 0 Å². The molecule has 0 saturated heterocycles. The molecule has 8 heteroatoms. The largest absolute Gasteiger partial charge is 0.386 e. The van der Waals surface area contributed by atoms with E-state index in [0.29, 0.717) is 51.2 Å². The van der Waals surface area contributed by atoms with Gasteiger partial charge in [-0.25, -0.2) is 0 Å². The maximum absolute atomic E-state index is 11.0. The second kappa shape index (κ2) is 15.4. The molecular weight excluding hydrogens is 340 g/mol. The van der Waals surface area contributed by atoms with Crippen molar-refractivity contribution in [2.75, 3.05) is 0 Å². The van der Waals surface area contributed by atoms with E-state index in [1.54, 1.807) is 0 Å². The molecule has 0 saturated carbocycles. The third kappa shape index (κ3) is 12.5. The topological polar surface area (TPSA) is 124 Å². The lowest BCUT2D eigenvalue weighted by Gasteiger charge is -2.09. The molecule has 0 aromatic heterocycles. The van der Waals surface area contributed by atoms with E-state index in [1.165, 1.54) is 0 Å². The van der Waals surface area contributed by atoms with Crippen LogP contribution in [-0.2, 0) is 4.79 Å². The first-order valence-electron chi connectivity index (χ1n) is 9.47. The number of aliphatic hydroxyl groups excluding tert-OH is 1. The van der Waals surface area contributed by atoms with Crippen LogP contribution in [0.3, 0.4) is 0 Å². The fraction of sp³-hybridized carbons (Fsp3) is 0.833. The normalized spacial score (nSPS) is 14.8. The minimum absolute atomic E-state index is 0.208. The van der Waals surface area contributed by atoms with Gasteiger partial charge >= 0.3 is 0 Å². The number of rotatable bonds is 17. The van der Waals surface area contributed by atoms with E-state index < -0.39 is 18.2 Å². The van der Waals surface area contributed by atoms with E-state index in [4.69, 9.17) is 5.11 Å². The molecule has 0 radical (unpaired) electrons. The highest BCUT2D eigenvalue weighted by Gasteiger charge is 2.20. The van der Waals surface area contributed by atoms with Crippen molar-refractivity contribution in [3.05, 3.63) is 32.4 Å². The van der Waals surface area contributed by atoms with Crippen LogP contribution in [0.4, 0.5) is 0 Å². The van der Waals surface area contributed by atoms with Crippen LogP contribution < -0.4 is 0 Å². The Bertz CT molecular complexity index is 441. The lowest BCUT2D eigenvalue weighted by Crippen LogP contribution is -2.20. The van der Waals surface area contributed by atoms with E-state index in [1.807, 2.05) is 12.2 Å². The molecule has 0 rings (SSSR count). The van der Waals surface area contributed by atoms with Gasteiger partial charge in [-0.2, -0.15) is 0 Å². The van der Waals surface area contributed by atoms with Gasteiger partial charge in [0.25, 0.3) is 0 Å². The van der Waals surface area contributed by atoms with E-state index in [-0.39, 0.29) is 16.3 Å². The SMILES string of the molecule is CCCCCC(CC/C=C/CCC(CCCC(O)C=O)[N+](=O)[O-])[N+](=O)[O-]. The summed E-state index contributed by atoms with van der Waals surface area (Å²) in [5.41, 5.74) is 0. The van der Waals surface area contributed by atoms with Crippen LogP contribution in [0, 0.1) is 20.2 Å². The number of hydrogen-bond acceptors (Lipinski definition) is 6. The third-order valence-electron chi connectivity index (χ3n) is 4.43. The number of carbonyl (C=O) groups is 1. The Hall–Kier alpha value is -1.83. The van der Waals surface area contributed by atoms with Gasteiger partial charge in [-0.1, -0.05) is 31.9 Å². The number of nitrogens with zero attached hydrogens (tertiary/aromatic N) is 2. The molecule has 0 aromatic carbocycles.